The first-order valence-electron chi connectivity index (χ1n) is 9.64. The number of sulfonamides is 1. The number of amides is 1. The number of thiophene rings is 1. The molecule has 0 unspecified atom stereocenters. The van der Waals surface area contributed by atoms with Gasteiger partial charge in [-0.2, -0.15) is 0 Å². The summed E-state index contributed by atoms with van der Waals surface area (Å²) in [6.45, 7) is 2.78. The van der Waals surface area contributed by atoms with E-state index in [9.17, 15) is 13.2 Å². The molecule has 2 N–H and O–H groups in total. The van der Waals surface area contributed by atoms with Gasteiger partial charge in [0.15, 0.2) is 0 Å². The molecule has 0 bridgehead atoms. The van der Waals surface area contributed by atoms with Gasteiger partial charge in [0.1, 0.15) is 9.23 Å². The molecule has 1 aliphatic rings. The average Bonchev–Trinajstić information content (AvgIpc) is 3.14. The third-order valence-electron chi connectivity index (χ3n) is 4.82. The molecule has 1 fully saturated rings. The molecule has 168 valence electrons. The lowest BCUT2D eigenvalue weighted by Gasteiger charge is -2.30. The topological polar surface area (TPSA) is 87.7 Å². The number of morpholine rings is 1. The number of hydrogen-bond donors (Lipinski definition) is 2. The molecule has 2 heterocycles. The second kappa shape index (κ2) is 9.68. The summed E-state index contributed by atoms with van der Waals surface area (Å²) >= 11 is 12.8. The van der Waals surface area contributed by atoms with E-state index in [4.69, 9.17) is 27.9 Å². The van der Waals surface area contributed by atoms with Gasteiger partial charge in [0, 0.05) is 24.3 Å². The molecule has 0 spiro atoms. The molecule has 4 rings (SSSR count). The molecule has 0 radical (unpaired) electrons. The molecule has 32 heavy (non-hydrogen) atoms. The highest BCUT2D eigenvalue weighted by Gasteiger charge is 2.21. The number of rotatable bonds is 6. The summed E-state index contributed by atoms with van der Waals surface area (Å²) in [5.41, 5.74) is 2.32. The fourth-order valence-corrected chi connectivity index (χ4v) is 6.47. The number of halogens is 2. The number of hydrogen-bond acceptors (Lipinski definition) is 6. The molecule has 1 aliphatic heterocycles. The van der Waals surface area contributed by atoms with E-state index < -0.39 is 10.0 Å². The molecule has 1 saturated heterocycles. The van der Waals surface area contributed by atoms with E-state index in [1.54, 1.807) is 12.1 Å². The highest BCUT2D eigenvalue weighted by atomic mass is 35.5. The van der Waals surface area contributed by atoms with Crippen molar-refractivity contribution in [3.63, 3.8) is 0 Å². The standard InChI is InChI=1S/C21H19Cl2N3O4S2/c22-19-13-18(20(23)31-19)32(28,29)25-15-7-5-14(6-8-15)21(27)24-16-3-1-2-4-17(16)26-9-11-30-12-10-26/h1-8,13,25H,9-12H2,(H,24,27). The van der Waals surface area contributed by atoms with Crippen molar-refractivity contribution in [2.24, 2.45) is 0 Å². The third kappa shape index (κ3) is 5.19. The minimum atomic E-state index is -3.90. The molecular formula is C21H19Cl2N3O4S2. The van der Waals surface area contributed by atoms with Gasteiger partial charge in [-0.3, -0.25) is 9.52 Å². The smallest absolute Gasteiger partial charge is 0.264 e. The van der Waals surface area contributed by atoms with E-state index in [-0.39, 0.29) is 19.5 Å². The summed E-state index contributed by atoms with van der Waals surface area (Å²) in [4.78, 5) is 14.9. The van der Waals surface area contributed by atoms with E-state index in [0.29, 0.717) is 30.2 Å². The fraction of sp³-hybridized carbons (Fsp3) is 0.190. The Bertz CT molecular complexity index is 1220. The van der Waals surface area contributed by atoms with E-state index >= 15 is 0 Å². The number of anilines is 3. The minimum Gasteiger partial charge on any atom is -0.378 e. The molecule has 0 saturated carbocycles. The van der Waals surface area contributed by atoms with E-state index in [2.05, 4.69) is 14.9 Å². The summed E-state index contributed by atoms with van der Waals surface area (Å²) in [5.74, 6) is -0.298. The normalized spacial score (nSPS) is 14.2. The predicted octanol–water partition coefficient (Wildman–Crippen LogP) is 4.94. The number of ether oxygens (including phenoxy) is 1. The van der Waals surface area contributed by atoms with Crippen LogP contribution in [0.4, 0.5) is 17.1 Å². The van der Waals surface area contributed by atoms with Crippen LogP contribution in [-0.2, 0) is 14.8 Å². The van der Waals surface area contributed by atoms with Crippen LogP contribution in [0.25, 0.3) is 0 Å². The number of carbonyl (C=O) groups excluding carboxylic acids is 1. The molecule has 1 aromatic heterocycles. The van der Waals surface area contributed by atoms with E-state index in [1.807, 2.05) is 24.3 Å². The van der Waals surface area contributed by atoms with Crippen LogP contribution in [0.1, 0.15) is 10.4 Å². The zero-order valence-corrected chi connectivity index (χ0v) is 19.8. The van der Waals surface area contributed by atoms with Gasteiger partial charge in [0.2, 0.25) is 0 Å². The van der Waals surface area contributed by atoms with Crippen molar-refractivity contribution in [2.75, 3.05) is 41.2 Å². The quantitative estimate of drug-likeness (QED) is 0.489. The molecule has 7 nitrogen and oxygen atoms in total. The maximum atomic E-state index is 12.8. The highest BCUT2D eigenvalue weighted by Crippen LogP contribution is 2.35. The zero-order chi connectivity index (χ0) is 22.7. The summed E-state index contributed by atoms with van der Waals surface area (Å²) < 4.78 is 33.3. The van der Waals surface area contributed by atoms with Crippen LogP contribution in [-0.4, -0.2) is 40.6 Å². The predicted molar refractivity (Wildman–Crippen MR) is 129 cm³/mol. The Morgan fingerprint density at radius 2 is 1.72 bits per heavy atom. The van der Waals surface area contributed by atoms with Crippen LogP contribution < -0.4 is 14.9 Å². The number of nitrogens with zero attached hydrogens (tertiary/aromatic N) is 1. The molecule has 2 aromatic carbocycles. The van der Waals surface area contributed by atoms with Gasteiger partial charge in [0.05, 0.1) is 28.9 Å². The summed E-state index contributed by atoms with van der Waals surface area (Å²) in [7, 11) is -3.90. The largest absolute Gasteiger partial charge is 0.378 e. The maximum absolute atomic E-state index is 12.8. The van der Waals surface area contributed by atoms with Crippen molar-refractivity contribution in [1.82, 2.24) is 0 Å². The third-order valence-corrected chi connectivity index (χ3v) is 7.95. The second-order valence-electron chi connectivity index (χ2n) is 6.94. The van der Waals surface area contributed by atoms with Gasteiger partial charge < -0.3 is 15.0 Å². The first-order chi connectivity index (χ1) is 15.3. The lowest BCUT2D eigenvalue weighted by molar-refractivity contribution is 0.102. The van der Waals surface area contributed by atoms with Crippen molar-refractivity contribution in [3.05, 3.63) is 68.8 Å². The number of para-hydroxylation sites is 2. The summed E-state index contributed by atoms with van der Waals surface area (Å²) in [6, 6.07) is 15.0. The van der Waals surface area contributed by atoms with Crippen molar-refractivity contribution in [3.8, 4) is 0 Å². The van der Waals surface area contributed by atoms with Crippen molar-refractivity contribution < 1.29 is 17.9 Å². The van der Waals surface area contributed by atoms with Gasteiger partial charge in [-0.25, -0.2) is 8.42 Å². The van der Waals surface area contributed by atoms with Crippen LogP contribution in [0.15, 0.2) is 59.5 Å². The minimum absolute atomic E-state index is 0.0810. The first kappa shape index (κ1) is 22.9. The van der Waals surface area contributed by atoms with Gasteiger partial charge in [0.25, 0.3) is 15.9 Å². The fourth-order valence-electron chi connectivity index (χ4n) is 3.26. The van der Waals surface area contributed by atoms with E-state index in [0.717, 1.165) is 30.1 Å². The van der Waals surface area contributed by atoms with Gasteiger partial charge in [-0.1, -0.05) is 35.3 Å². The molecule has 1 amide bonds. The van der Waals surface area contributed by atoms with Crippen molar-refractivity contribution in [2.45, 2.75) is 4.90 Å². The Balaban J connectivity index is 1.47. The monoisotopic (exact) mass is 511 g/mol. The van der Waals surface area contributed by atoms with Crippen molar-refractivity contribution in [1.29, 1.82) is 0 Å². The van der Waals surface area contributed by atoms with Crippen LogP contribution in [0, 0.1) is 0 Å². The van der Waals surface area contributed by atoms with Gasteiger partial charge in [-0.15, -0.1) is 11.3 Å². The molecule has 3 aromatic rings. The van der Waals surface area contributed by atoms with Crippen LogP contribution >= 0.6 is 34.5 Å². The Morgan fingerprint density at radius 3 is 2.38 bits per heavy atom. The Kier molecular flexibility index (Phi) is 6.92. The van der Waals surface area contributed by atoms with Gasteiger partial charge >= 0.3 is 0 Å². The SMILES string of the molecule is O=C(Nc1ccccc1N1CCOCC1)c1ccc(NS(=O)(=O)c2cc(Cl)sc2Cl)cc1. The number of benzene rings is 2. The molecule has 0 atom stereocenters. The van der Waals surface area contributed by atoms with Crippen LogP contribution in [0.5, 0.6) is 0 Å². The second-order valence-corrected chi connectivity index (χ2v) is 10.9. The van der Waals surface area contributed by atoms with Crippen LogP contribution in [0.2, 0.25) is 8.67 Å². The van der Waals surface area contributed by atoms with Crippen LogP contribution in [0.3, 0.4) is 0 Å². The molecule has 0 aliphatic carbocycles. The highest BCUT2D eigenvalue weighted by molar-refractivity contribution is 7.93. The number of nitrogens with one attached hydrogen (secondary N) is 2. The lowest BCUT2D eigenvalue weighted by Crippen LogP contribution is -2.36. The summed E-state index contributed by atoms with van der Waals surface area (Å²) in [6.07, 6.45) is 0. The maximum Gasteiger partial charge on any atom is 0.264 e. The molecule has 11 heteroatoms. The van der Waals surface area contributed by atoms with Crippen molar-refractivity contribution >= 4 is 67.5 Å². The van der Waals surface area contributed by atoms with E-state index in [1.165, 1.54) is 18.2 Å². The zero-order valence-electron chi connectivity index (χ0n) is 16.7. The lowest BCUT2D eigenvalue weighted by atomic mass is 10.1. The Labute approximate surface area is 200 Å². The first-order valence-corrected chi connectivity index (χ1v) is 12.7. The van der Waals surface area contributed by atoms with Gasteiger partial charge in [-0.05, 0) is 42.5 Å². The average molecular weight is 512 g/mol. The molecular weight excluding hydrogens is 493 g/mol. The Hall–Kier alpha value is -2.30. The Morgan fingerprint density at radius 1 is 1.03 bits per heavy atom. The summed E-state index contributed by atoms with van der Waals surface area (Å²) in [5, 5.41) is 2.94. The number of carbonyl (C=O) groups is 1.